The fraction of sp³-hybridized carbons (Fsp3) is 0.286. The van der Waals surface area contributed by atoms with Crippen molar-refractivity contribution < 1.29 is 33.4 Å². The summed E-state index contributed by atoms with van der Waals surface area (Å²) >= 11 is 0. The van der Waals surface area contributed by atoms with Gasteiger partial charge in [-0.25, -0.2) is 23.6 Å². The second-order valence-electron chi connectivity index (χ2n) is 7.23. The number of para-hydroxylation sites is 1. The lowest BCUT2D eigenvalue weighted by molar-refractivity contribution is -2.00. The molecule has 8 nitrogen and oxygen atoms in total. The Morgan fingerprint density at radius 2 is 1.40 bits per heavy atom. The molecule has 9 heteroatoms. The summed E-state index contributed by atoms with van der Waals surface area (Å²) in [6.45, 7) is 12.8. The quantitative estimate of drug-likeness (QED) is 0.366. The molecule has 0 saturated heterocycles. The van der Waals surface area contributed by atoms with Gasteiger partial charge in [0.2, 0.25) is 0 Å². The van der Waals surface area contributed by atoms with Crippen molar-refractivity contribution in [2.75, 3.05) is 0 Å². The maximum absolute atomic E-state index is 8.49. The van der Waals surface area contributed by atoms with Gasteiger partial charge in [-0.05, 0) is 70.4 Å². The van der Waals surface area contributed by atoms with Crippen molar-refractivity contribution in [3.8, 4) is 5.69 Å². The maximum Gasteiger partial charge on any atom is 0.365 e. The Hall–Kier alpha value is -2.62. The molecule has 3 aromatic heterocycles. The molecule has 1 aromatic carbocycles. The molecular weight excluding hydrogens is 408 g/mol. The first-order chi connectivity index (χ1) is 13.9. The molecule has 0 amide bonds. The molecule has 0 atom stereocenters. The summed E-state index contributed by atoms with van der Waals surface area (Å²) in [5.74, 6) is 0. The van der Waals surface area contributed by atoms with Crippen LogP contribution in [0.1, 0.15) is 33.8 Å². The number of rotatable bonds is 1. The highest BCUT2D eigenvalue weighted by atomic mass is 35.7. The van der Waals surface area contributed by atoms with Gasteiger partial charge in [0.05, 0.1) is 10.8 Å². The number of halogens is 1. The van der Waals surface area contributed by atoms with Crippen molar-refractivity contribution in [2.24, 2.45) is 0 Å². The van der Waals surface area contributed by atoms with Crippen LogP contribution in [0, 0.1) is 51.8 Å². The summed E-state index contributed by atoms with van der Waals surface area (Å²) in [7, 11) is -4.94. The van der Waals surface area contributed by atoms with Crippen LogP contribution in [0.25, 0.3) is 22.4 Å². The lowest BCUT2D eigenvalue weighted by Crippen LogP contribution is -2.68. The van der Waals surface area contributed by atoms with Crippen LogP contribution in [-0.2, 0) is 0 Å². The van der Waals surface area contributed by atoms with Gasteiger partial charge in [-0.15, -0.1) is 14.8 Å². The van der Waals surface area contributed by atoms with Gasteiger partial charge in [-0.1, -0.05) is 18.2 Å². The topological polar surface area (TPSA) is 126 Å². The van der Waals surface area contributed by atoms with E-state index in [-0.39, 0.29) is 0 Å². The van der Waals surface area contributed by atoms with Crippen molar-refractivity contribution in [3.05, 3.63) is 64.1 Å². The number of hydrogen-bond donors (Lipinski definition) is 0. The largest absolute Gasteiger partial charge is 0.365 e. The number of benzene rings is 1. The van der Waals surface area contributed by atoms with E-state index in [0.29, 0.717) is 0 Å². The highest BCUT2D eigenvalue weighted by Crippen LogP contribution is 2.27. The van der Waals surface area contributed by atoms with E-state index in [1.807, 2.05) is 10.6 Å². The van der Waals surface area contributed by atoms with E-state index >= 15 is 0 Å². The highest BCUT2D eigenvalue weighted by Gasteiger charge is 2.27. The minimum absolute atomic E-state index is 0.945. The smallest absolute Gasteiger partial charge is 0.231 e. The number of aryl methyl sites for hydroxylation is 3. The molecule has 0 spiro atoms. The van der Waals surface area contributed by atoms with Crippen molar-refractivity contribution in [2.45, 2.75) is 41.5 Å². The maximum atomic E-state index is 8.49. The molecule has 0 aliphatic rings. The van der Waals surface area contributed by atoms with Crippen LogP contribution in [0.15, 0.2) is 30.3 Å². The molecule has 4 rings (SSSR count). The average molecular weight is 431 g/mol. The van der Waals surface area contributed by atoms with Crippen LogP contribution in [0.4, 0.5) is 0 Å². The number of pyridine rings is 1. The molecule has 0 N–H and O–H groups in total. The number of nitrogens with zero attached hydrogens (tertiary/aromatic N) is 4. The van der Waals surface area contributed by atoms with E-state index in [1.54, 1.807) is 0 Å². The molecule has 0 bridgehead atoms. The normalized spacial score (nSPS) is 11.7. The molecule has 0 radical (unpaired) electrons. The van der Waals surface area contributed by atoms with Gasteiger partial charge in [-0.3, -0.25) is 0 Å². The zero-order chi connectivity index (χ0) is 22.4. The first-order valence-corrected chi connectivity index (χ1v) is 10.5. The monoisotopic (exact) mass is 430 g/mol. The lowest BCUT2D eigenvalue weighted by Gasteiger charge is -2.17. The molecule has 0 aliphatic carbocycles. The number of aromatic nitrogens is 4. The van der Waals surface area contributed by atoms with E-state index in [4.69, 9.17) is 28.7 Å². The minimum Gasteiger partial charge on any atom is -0.231 e. The molecule has 0 aliphatic heterocycles. The Bertz CT molecular complexity index is 1240. The SMILES string of the molecule is Cc1nc2c3c(C)c(C)c(C)[n+](-c4ccccc4)c3nn2c(C)c1C.[O-][Cl+3]([O-])([O-])[O-]. The second kappa shape index (κ2) is 7.90. The number of hydrogen-bond acceptors (Lipinski definition) is 6. The Morgan fingerprint density at radius 3 is 1.97 bits per heavy atom. The molecule has 0 fully saturated rings. The summed E-state index contributed by atoms with van der Waals surface area (Å²) in [6, 6.07) is 10.4. The van der Waals surface area contributed by atoms with Crippen molar-refractivity contribution >= 4 is 16.7 Å². The molecule has 0 saturated carbocycles. The fourth-order valence-electron chi connectivity index (χ4n) is 3.57. The number of fused-ring (bicyclic) bond motifs is 3. The summed E-state index contributed by atoms with van der Waals surface area (Å²) in [6.07, 6.45) is 0. The highest BCUT2D eigenvalue weighted by molar-refractivity contribution is 5.92. The first-order valence-electron chi connectivity index (χ1n) is 9.27. The van der Waals surface area contributed by atoms with Crippen molar-refractivity contribution in [1.29, 1.82) is 0 Å². The summed E-state index contributed by atoms with van der Waals surface area (Å²) < 4.78 is 38.2. The van der Waals surface area contributed by atoms with E-state index in [1.165, 1.54) is 22.4 Å². The van der Waals surface area contributed by atoms with Crippen LogP contribution in [0.2, 0.25) is 0 Å². The van der Waals surface area contributed by atoms with Crippen molar-refractivity contribution in [3.63, 3.8) is 0 Å². The summed E-state index contributed by atoms with van der Waals surface area (Å²) in [4.78, 5) is 4.88. The van der Waals surface area contributed by atoms with Crippen LogP contribution >= 0.6 is 0 Å². The van der Waals surface area contributed by atoms with Crippen LogP contribution < -0.4 is 23.2 Å². The third kappa shape index (κ3) is 4.00. The Balaban J connectivity index is 0.000000461. The van der Waals surface area contributed by atoms with E-state index in [2.05, 4.69) is 70.4 Å². The van der Waals surface area contributed by atoms with E-state index < -0.39 is 10.2 Å². The molecule has 158 valence electrons. The van der Waals surface area contributed by atoms with Gasteiger partial charge in [0.15, 0.2) is 5.65 Å². The predicted octanol–water partition coefficient (Wildman–Crippen LogP) is -0.746. The fourth-order valence-corrected chi connectivity index (χ4v) is 3.57. The molecule has 4 aromatic rings. The third-order valence-electron chi connectivity index (χ3n) is 5.56. The van der Waals surface area contributed by atoms with Crippen LogP contribution in [0.5, 0.6) is 0 Å². The van der Waals surface area contributed by atoms with E-state index in [9.17, 15) is 0 Å². The zero-order valence-electron chi connectivity index (χ0n) is 17.7. The summed E-state index contributed by atoms with van der Waals surface area (Å²) in [5.41, 5.74) is 10.2. The van der Waals surface area contributed by atoms with E-state index in [0.717, 1.165) is 33.8 Å². The van der Waals surface area contributed by atoms with Gasteiger partial charge in [-0.2, -0.15) is 4.57 Å². The minimum atomic E-state index is -4.94. The molecule has 3 heterocycles. The van der Waals surface area contributed by atoms with Gasteiger partial charge in [0.25, 0.3) is 0 Å². The Morgan fingerprint density at radius 1 is 0.833 bits per heavy atom. The van der Waals surface area contributed by atoms with Crippen LogP contribution in [-0.4, -0.2) is 14.6 Å². The molecule has 0 unspecified atom stereocenters. The first kappa shape index (κ1) is 22.1. The Kier molecular flexibility index (Phi) is 5.81. The lowest BCUT2D eigenvalue weighted by atomic mass is 10.0. The predicted molar refractivity (Wildman–Crippen MR) is 100 cm³/mol. The second-order valence-corrected chi connectivity index (χ2v) is 7.98. The summed E-state index contributed by atoms with van der Waals surface area (Å²) in [5, 5.41) is 6.11. The van der Waals surface area contributed by atoms with Gasteiger partial charge in [0, 0.05) is 5.69 Å². The third-order valence-corrected chi connectivity index (χ3v) is 5.56. The standard InChI is InChI=1S/C21H23N4.ClHO4/c1-12-13(2)19-20-22-15(4)14(3)17(6)25(20)23-21(19)24(16(12)5)18-10-8-7-9-11-18;2-1(3,4)5/h7-11H,1-6H3;(H,2,3,4,5)/q+1;/p-1. The van der Waals surface area contributed by atoms with Gasteiger partial charge >= 0.3 is 5.65 Å². The van der Waals surface area contributed by atoms with Crippen molar-refractivity contribution in [1.82, 2.24) is 14.6 Å². The van der Waals surface area contributed by atoms with Gasteiger partial charge < -0.3 is 0 Å². The van der Waals surface area contributed by atoms with Crippen LogP contribution in [0.3, 0.4) is 0 Å². The molecule has 30 heavy (non-hydrogen) atoms. The Labute approximate surface area is 176 Å². The zero-order valence-corrected chi connectivity index (χ0v) is 18.4. The van der Waals surface area contributed by atoms with Gasteiger partial charge in [0.1, 0.15) is 16.8 Å². The average Bonchev–Trinajstić information content (AvgIpc) is 3.03. The molecular formula is C21H23ClN4O4.